The summed E-state index contributed by atoms with van der Waals surface area (Å²) >= 11 is 0. The van der Waals surface area contributed by atoms with E-state index < -0.39 is 6.10 Å². The van der Waals surface area contributed by atoms with Crippen molar-refractivity contribution >= 4 is 11.6 Å². The van der Waals surface area contributed by atoms with Crippen molar-refractivity contribution in [3.63, 3.8) is 0 Å². The molecule has 1 N–H and O–H groups in total. The molecule has 1 amide bonds. The van der Waals surface area contributed by atoms with Gasteiger partial charge in [-0.15, -0.1) is 6.42 Å². The summed E-state index contributed by atoms with van der Waals surface area (Å²) in [7, 11) is 0. The molecular weight excluding hydrogens is 226 g/mol. The van der Waals surface area contributed by atoms with Crippen LogP contribution in [-0.2, 0) is 4.79 Å². The van der Waals surface area contributed by atoms with E-state index in [1.807, 2.05) is 32.0 Å². The molecule has 0 saturated carbocycles. The number of carbonyl (C=O) groups is 1. The van der Waals surface area contributed by atoms with Crippen molar-refractivity contribution in [2.75, 3.05) is 11.4 Å². The van der Waals surface area contributed by atoms with Gasteiger partial charge in [0.15, 0.2) is 0 Å². The second-order valence-corrected chi connectivity index (χ2v) is 4.59. The number of benzene rings is 1. The van der Waals surface area contributed by atoms with Crippen molar-refractivity contribution in [2.45, 2.75) is 32.3 Å². The highest BCUT2D eigenvalue weighted by molar-refractivity contribution is 6.05. The molecule has 0 fully saturated rings. The smallest absolute Gasteiger partial charge is 0.235 e. The predicted octanol–water partition coefficient (Wildman–Crippen LogP) is 2.21. The van der Waals surface area contributed by atoms with Gasteiger partial charge in [-0.3, -0.25) is 9.69 Å². The maximum atomic E-state index is 12.1. The number of aliphatic hydroxyl groups excluding tert-OH is 1. The molecule has 2 rings (SSSR count). The number of amides is 1. The van der Waals surface area contributed by atoms with E-state index in [1.54, 1.807) is 4.90 Å². The first-order valence-electron chi connectivity index (χ1n) is 6.16. The SMILES string of the molecule is C#CCN1C(=O)C(C)c2cc(C(O)CC)ccc21. The Bertz CT molecular complexity index is 516. The highest BCUT2D eigenvalue weighted by Crippen LogP contribution is 2.38. The molecule has 1 aromatic rings. The zero-order valence-electron chi connectivity index (χ0n) is 10.7. The summed E-state index contributed by atoms with van der Waals surface area (Å²) in [5, 5.41) is 9.85. The fourth-order valence-corrected chi connectivity index (χ4v) is 2.35. The lowest BCUT2D eigenvalue weighted by Gasteiger charge is -2.15. The van der Waals surface area contributed by atoms with E-state index in [0.717, 1.165) is 16.8 Å². The van der Waals surface area contributed by atoms with E-state index in [-0.39, 0.29) is 11.8 Å². The number of terminal acetylenes is 1. The Hall–Kier alpha value is -1.79. The summed E-state index contributed by atoms with van der Waals surface area (Å²) in [6, 6.07) is 5.66. The van der Waals surface area contributed by atoms with Gasteiger partial charge in [-0.2, -0.15) is 0 Å². The van der Waals surface area contributed by atoms with Crippen molar-refractivity contribution in [2.24, 2.45) is 0 Å². The van der Waals surface area contributed by atoms with E-state index in [2.05, 4.69) is 5.92 Å². The number of nitrogens with zero attached hydrogens (tertiary/aromatic N) is 1. The number of aliphatic hydroxyl groups is 1. The molecule has 0 saturated heterocycles. The molecule has 18 heavy (non-hydrogen) atoms. The van der Waals surface area contributed by atoms with Crippen LogP contribution in [-0.4, -0.2) is 17.6 Å². The minimum atomic E-state index is -0.473. The molecule has 1 aromatic carbocycles. The zero-order valence-corrected chi connectivity index (χ0v) is 10.7. The Morgan fingerprint density at radius 3 is 2.89 bits per heavy atom. The first kappa shape index (κ1) is 12.7. The van der Waals surface area contributed by atoms with Gasteiger partial charge < -0.3 is 5.11 Å². The third-order valence-corrected chi connectivity index (χ3v) is 3.47. The number of anilines is 1. The number of carbonyl (C=O) groups excluding carboxylic acids is 1. The monoisotopic (exact) mass is 243 g/mol. The van der Waals surface area contributed by atoms with Crippen molar-refractivity contribution in [1.29, 1.82) is 0 Å². The Morgan fingerprint density at radius 1 is 1.56 bits per heavy atom. The highest BCUT2D eigenvalue weighted by Gasteiger charge is 2.33. The minimum absolute atomic E-state index is 0.0334. The van der Waals surface area contributed by atoms with Crippen molar-refractivity contribution in [3.05, 3.63) is 29.3 Å². The molecule has 1 aliphatic rings. The van der Waals surface area contributed by atoms with Crippen LogP contribution >= 0.6 is 0 Å². The molecule has 3 heteroatoms. The molecule has 0 radical (unpaired) electrons. The number of rotatable bonds is 3. The van der Waals surface area contributed by atoms with Crippen molar-refractivity contribution in [3.8, 4) is 12.3 Å². The zero-order chi connectivity index (χ0) is 13.3. The van der Waals surface area contributed by atoms with Crippen LogP contribution in [0.25, 0.3) is 0 Å². The predicted molar refractivity (Wildman–Crippen MR) is 71.3 cm³/mol. The van der Waals surface area contributed by atoms with Crippen LogP contribution in [0.2, 0.25) is 0 Å². The second-order valence-electron chi connectivity index (χ2n) is 4.59. The largest absolute Gasteiger partial charge is 0.388 e. The second kappa shape index (κ2) is 4.83. The van der Waals surface area contributed by atoms with Gasteiger partial charge in [-0.05, 0) is 30.5 Å². The number of hydrogen-bond acceptors (Lipinski definition) is 2. The van der Waals surface area contributed by atoms with Crippen LogP contribution in [0.3, 0.4) is 0 Å². The van der Waals surface area contributed by atoms with E-state index >= 15 is 0 Å². The summed E-state index contributed by atoms with van der Waals surface area (Å²) in [5.74, 6) is 2.36. The average Bonchev–Trinajstić information content (AvgIpc) is 2.63. The quantitative estimate of drug-likeness (QED) is 0.827. The van der Waals surface area contributed by atoms with Crippen LogP contribution < -0.4 is 4.90 Å². The van der Waals surface area contributed by atoms with Crippen LogP contribution in [0, 0.1) is 12.3 Å². The summed E-state index contributed by atoms with van der Waals surface area (Å²) in [6.07, 6.45) is 5.48. The lowest BCUT2D eigenvalue weighted by atomic mass is 9.98. The molecule has 0 aromatic heterocycles. The highest BCUT2D eigenvalue weighted by atomic mass is 16.3. The molecule has 2 unspecified atom stereocenters. The van der Waals surface area contributed by atoms with Crippen molar-refractivity contribution < 1.29 is 9.90 Å². The normalized spacial score (nSPS) is 19.6. The lowest BCUT2D eigenvalue weighted by molar-refractivity contribution is -0.118. The van der Waals surface area contributed by atoms with Crippen molar-refractivity contribution in [1.82, 2.24) is 0 Å². The first-order chi connectivity index (χ1) is 8.60. The number of fused-ring (bicyclic) bond motifs is 1. The van der Waals surface area contributed by atoms with Gasteiger partial charge in [0.25, 0.3) is 0 Å². The summed E-state index contributed by atoms with van der Waals surface area (Å²) in [4.78, 5) is 13.7. The standard InChI is InChI=1S/C15H17NO2/c1-4-8-16-13-7-6-11(14(17)5-2)9-12(13)10(3)15(16)18/h1,6-7,9-10,14,17H,5,8H2,2-3H3. The third kappa shape index (κ3) is 1.89. The van der Waals surface area contributed by atoms with Gasteiger partial charge in [0.1, 0.15) is 0 Å². The van der Waals surface area contributed by atoms with Gasteiger partial charge in [0, 0.05) is 5.69 Å². The fraction of sp³-hybridized carbons (Fsp3) is 0.400. The van der Waals surface area contributed by atoms with Gasteiger partial charge >= 0.3 is 0 Å². The Balaban J connectivity index is 2.43. The molecule has 1 heterocycles. The average molecular weight is 243 g/mol. The van der Waals surface area contributed by atoms with Gasteiger partial charge in [-0.25, -0.2) is 0 Å². The lowest BCUT2D eigenvalue weighted by Crippen LogP contribution is -2.28. The van der Waals surface area contributed by atoms with E-state index in [1.165, 1.54) is 0 Å². The maximum absolute atomic E-state index is 12.1. The van der Waals surface area contributed by atoms with Crippen LogP contribution in [0.15, 0.2) is 18.2 Å². The first-order valence-corrected chi connectivity index (χ1v) is 6.16. The third-order valence-electron chi connectivity index (χ3n) is 3.47. The molecule has 0 aliphatic carbocycles. The van der Waals surface area contributed by atoms with Crippen LogP contribution in [0.5, 0.6) is 0 Å². The summed E-state index contributed by atoms with van der Waals surface area (Å²) < 4.78 is 0. The van der Waals surface area contributed by atoms with Crippen LogP contribution in [0.4, 0.5) is 5.69 Å². The Morgan fingerprint density at radius 2 is 2.28 bits per heavy atom. The molecule has 0 bridgehead atoms. The Labute approximate surface area is 107 Å². The van der Waals surface area contributed by atoms with E-state index in [4.69, 9.17) is 6.42 Å². The molecule has 1 aliphatic heterocycles. The minimum Gasteiger partial charge on any atom is -0.388 e. The number of hydrogen-bond donors (Lipinski definition) is 1. The summed E-state index contributed by atoms with van der Waals surface area (Å²) in [6.45, 7) is 4.10. The maximum Gasteiger partial charge on any atom is 0.235 e. The molecule has 2 atom stereocenters. The summed E-state index contributed by atoms with van der Waals surface area (Å²) in [5.41, 5.74) is 2.69. The van der Waals surface area contributed by atoms with Gasteiger partial charge in [0.2, 0.25) is 5.91 Å². The van der Waals surface area contributed by atoms with E-state index in [0.29, 0.717) is 13.0 Å². The fourth-order valence-electron chi connectivity index (χ4n) is 2.35. The molecule has 94 valence electrons. The molecule has 0 spiro atoms. The molecular formula is C15H17NO2. The van der Waals surface area contributed by atoms with Gasteiger partial charge in [0.05, 0.1) is 18.6 Å². The van der Waals surface area contributed by atoms with Crippen LogP contribution in [0.1, 0.15) is 43.4 Å². The molecule has 3 nitrogen and oxygen atoms in total. The topological polar surface area (TPSA) is 40.5 Å². The van der Waals surface area contributed by atoms with E-state index in [9.17, 15) is 9.90 Å². The van der Waals surface area contributed by atoms with Gasteiger partial charge in [-0.1, -0.05) is 25.0 Å². The Kier molecular flexibility index (Phi) is 3.40.